The molecule has 2 unspecified atom stereocenters. The zero-order valence-corrected chi connectivity index (χ0v) is 12.9. The lowest BCUT2D eigenvalue weighted by Gasteiger charge is -2.31. The average Bonchev–Trinajstić information content (AvgIpc) is 3.03. The van der Waals surface area contributed by atoms with Crippen LogP contribution >= 0.6 is 0 Å². The molecule has 0 aliphatic carbocycles. The molecule has 2 N–H and O–H groups in total. The number of aliphatic carboxylic acids is 1. The van der Waals surface area contributed by atoms with Crippen molar-refractivity contribution in [2.75, 3.05) is 31.6 Å². The third-order valence-electron chi connectivity index (χ3n) is 4.52. The molecule has 2 saturated heterocycles. The number of carboxylic acids is 1. The van der Waals surface area contributed by atoms with E-state index in [0.29, 0.717) is 31.7 Å². The summed E-state index contributed by atoms with van der Waals surface area (Å²) >= 11 is 0. The van der Waals surface area contributed by atoms with Crippen LogP contribution in [0.25, 0.3) is 0 Å². The highest BCUT2D eigenvalue weighted by Gasteiger charge is 2.32. The Labute approximate surface area is 133 Å². The number of carbonyl (C=O) groups is 3. The summed E-state index contributed by atoms with van der Waals surface area (Å²) in [4.78, 5) is 37.7. The summed E-state index contributed by atoms with van der Waals surface area (Å²) < 4.78 is 0. The Hall–Kier alpha value is -2.41. The largest absolute Gasteiger partial charge is 0.481 e. The molecule has 0 saturated carbocycles. The zero-order valence-electron chi connectivity index (χ0n) is 12.9. The summed E-state index contributed by atoms with van der Waals surface area (Å²) in [7, 11) is 1.62. The number of carbonyl (C=O) groups excluding carboxylic acids is 2. The second-order valence-electron chi connectivity index (χ2n) is 6.01. The smallest absolute Gasteiger partial charge is 0.316 e. The topological polar surface area (TPSA) is 89.9 Å². The van der Waals surface area contributed by atoms with Gasteiger partial charge in [-0.05, 0) is 24.1 Å². The molecule has 122 valence electrons. The first-order valence-electron chi connectivity index (χ1n) is 7.60. The number of piperazine rings is 1. The van der Waals surface area contributed by atoms with Gasteiger partial charge in [0.1, 0.15) is 0 Å². The average molecular weight is 317 g/mol. The van der Waals surface area contributed by atoms with Crippen molar-refractivity contribution in [3.63, 3.8) is 0 Å². The van der Waals surface area contributed by atoms with E-state index in [1.807, 2.05) is 24.3 Å². The van der Waals surface area contributed by atoms with E-state index in [1.165, 1.54) is 9.80 Å². The molecule has 1 aromatic rings. The van der Waals surface area contributed by atoms with Gasteiger partial charge in [-0.3, -0.25) is 14.4 Å². The third-order valence-corrected chi connectivity index (χ3v) is 4.52. The molecule has 2 heterocycles. The van der Waals surface area contributed by atoms with Gasteiger partial charge >= 0.3 is 17.8 Å². The minimum Gasteiger partial charge on any atom is -0.481 e. The lowest BCUT2D eigenvalue weighted by atomic mass is 10.00. The molecule has 3 rings (SSSR count). The van der Waals surface area contributed by atoms with E-state index in [0.717, 1.165) is 5.56 Å². The number of benzene rings is 1. The molecular weight excluding hydrogens is 298 g/mol. The first-order valence-corrected chi connectivity index (χ1v) is 7.60. The SMILES string of the molecule is CN1CCN(c2ccc(C3CC(C(=O)O)CN3)cc2)C(=O)C1=O. The molecule has 2 fully saturated rings. The number of nitrogens with zero attached hydrogens (tertiary/aromatic N) is 2. The molecule has 7 nitrogen and oxygen atoms in total. The van der Waals surface area contributed by atoms with Crippen LogP contribution in [-0.4, -0.2) is 54.5 Å². The van der Waals surface area contributed by atoms with Gasteiger partial charge in [-0.15, -0.1) is 0 Å². The van der Waals surface area contributed by atoms with Gasteiger partial charge in [-0.1, -0.05) is 12.1 Å². The van der Waals surface area contributed by atoms with Gasteiger partial charge in [0.05, 0.1) is 5.92 Å². The second-order valence-corrected chi connectivity index (χ2v) is 6.01. The van der Waals surface area contributed by atoms with E-state index in [1.54, 1.807) is 7.05 Å². The van der Waals surface area contributed by atoms with E-state index >= 15 is 0 Å². The number of amides is 2. The predicted molar refractivity (Wildman–Crippen MR) is 82.9 cm³/mol. The molecule has 23 heavy (non-hydrogen) atoms. The fraction of sp³-hybridized carbons (Fsp3) is 0.438. The lowest BCUT2D eigenvalue weighted by Crippen LogP contribution is -2.53. The Balaban J connectivity index is 1.72. The zero-order chi connectivity index (χ0) is 16.6. The summed E-state index contributed by atoms with van der Waals surface area (Å²) in [6.07, 6.45) is 0.556. The van der Waals surface area contributed by atoms with Gasteiger partial charge in [-0.25, -0.2) is 0 Å². The summed E-state index contributed by atoms with van der Waals surface area (Å²) in [5.41, 5.74) is 1.68. The van der Waals surface area contributed by atoms with Gasteiger partial charge in [0.25, 0.3) is 0 Å². The number of likely N-dealkylation sites (N-methyl/N-ethyl adjacent to an activating group) is 1. The molecule has 0 bridgehead atoms. The van der Waals surface area contributed by atoms with Crippen LogP contribution < -0.4 is 10.2 Å². The second kappa shape index (κ2) is 6.00. The number of rotatable bonds is 3. The minimum atomic E-state index is -0.779. The van der Waals surface area contributed by atoms with Crippen molar-refractivity contribution >= 4 is 23.5 Å². The van der Waals surface area contributed by atoms with Crippen molar-refractivity contribution in [1.29, 1.82) is 0 Å². The Morgan fingerprint density at radius 1 is 1.17 bits per heavy atom. The molecule has 2 atom stereocenters. The van der Waals surface area contributed by atoms with Gasteiger partial charge in [0.15, 0.2) is 0 Å². The van der Waals surface area contributed by atoms with E-state index in [-0.39, 0.29) is 12.0 Å². The van der Waals surface area contributed by atoms with Crippen LogP contribution in [0.2, 0.25) is 0 Å². The molecule has 2 amide bonds. The standard InChI is InChI=1S/C16H19N3O4/c1-18-6-7-19(15(21)14(18)20)12-4-2-10(3-5-12)13-8-11(9-17-13)16(22)23/h2-5,11,13,17H,6-9H2,1H3,(H,22,23). The van der Waals surface area contributed by atoms with Crippen LogP contribution in [0.15, 0.2) is 24.3 Å². The molecule has 2 aliphatic heterocycles. The normalized spacial score (nSPS) is 25.1. The summed E-state index contributed by atoms with van der Waals surface area (Å²) in [6.45, 7) is 1.45. The Kier molecular flexibility index (Phi) is 4.04. The van der Waals surface area contributed by atoms with Gasteiger partial charge in [-0.2, -0.15) is 0 Å². The first-order chi connectivity index (χ1) is 11.0. The van der Waals surface area contributed by atoms with Crippen molar-refractivity contribution in [2.45, 2.75) is 12.5 Å². The van der Waals surface area contributed by atoms with Crippen LogP contribution in [0.5, 0.6) is 0 Å². The van der Waals surface area contributed by atoms with E-state index in [2.05, 4.69) is 5.32 Å². The van der Waals surface area contributed by atoms with Crippen molar-refractivity contribution < 1.29 is 19.5 Å². The molecule has 7 heteroatoms. The maximum atomic E-state index is 12.1. The first kappa shape index (κ1) is 15.5. The summed E-state index contributed by atoms with van der Waals surface area (Å²) in [6, 6.07) is 7.39. The highest BCUT2D eigenvalue weighted by molar-refractivity contribution is 6.40. The van der Waals surface area contributed by atoms with Crippen molar-refractivity contribution in [3.05, 3.63) is 29.8 Å². The number of carboxylic acid groups (broad SMARTS) is 1. The number of nitrogens with one attached hydrogen (secondary N) is 1. The fourth-order valence-electron chi connectivity index (χ4n) is 3.04. The maximum absolute atomic E-state index is 12.1. The van der Waals surface area contributed by atoms with E-state index < -0.39 is 17.8 Å². The fourth-order valence-corrected chi connectivity index (χ4v) is 3.04. The molecule has 0 aromatic heterocycles. The lowest BCUT2D eigenvalue weighted by molar-refractivity contribution is -0.145. The quantitative estimate of drug-likeness (QED) is 0.779. The van der Waals surface area contributed by atoms with Crippen molar-refractivity contribution in [1.82, 2.24) is 10.2 Å². The van der Waals surface area contributed by atoms with Gasteiger partial charge in [0.2, 0.25) is 0 Å². The van der Waals surface area contributed by atoms with E-state index in [9.17, 15) is 14.4 Å². The number of anilines is 1. The molecule has 0 spiro atoms. The highest BCUT2D eigenvalue weighted by Crippen LogP contribution is 2.29. The van der Waals surface area contributed by atoms with Crippen molar-refractivity contribution in [2.24, 2.45) is 5.92 Å². The van der Waals surface area contributed by atoms with Crippen LogP contribution in [-0.2, 0) is 14.4 Å². The van der Waals surface area contributed by atoms with Crippen LogP contribution in [0.4, 0.5) is 5.69 Å². The molecular formula is C16H19N3O4. The summed E-state index contributed by atoms with van der Waals surface area (Å²) in [5.74, 6) is -2.16. The Bertz CT molecular complexity index is 643. The number of hydrogen-bond donors (Lipinski definition) is 2. The Morgan fingerprint density at radius 3 is 2.48 bits per heavy atom. The third kappa shape index (κ3) is 2.92. The van der Waals surface area contributed by atoms with Crippen LogP contribution in [0.1, 0.15) is 18.0 Å². The predicted octanol–water partition coefficient (Wildman–Crippen LogP) is 0.227. The van der Waals surface area contributed by atoms with Crippen LogP contribution in [0, 0.1) is 5.92 Å². The minimum absolute atomic E-state index is 0.00923. The molecule has 1 aromatic carbocycles. The summed E-state index contributed by atoms with van der Waals surface area (Å²) in [5, 5.41) is 12.3. The van der Waals surface area contributed by atoms with Gasteiger partial charge < -0.3 is 20.2 Å². The molecule has 2 aliphatic rings. The maximum Gasteiger partial charge on any atom is 0.316 e. The van der Waals surface area contributed by atoms with Crippen molar-refractivity contribution in [3.8, 4) is 0 Å². The Morgan fingerprint density at radius 2 is 1.87 bits per heavy atom. The molecule has 0 radical (unpaired) electrons. The monoisotopic (exact) mass is 317 g/mol. The van der Waals surface area contributed by atoms with Crippen LogP contribution in [0.3, 0.4) is 0 Å². The number of hydrogen-bond acceptors (Lipinski definition) is 4. The van der Waals surface area contributed by atoms with Gasteiger partial charge in [0, 0.05) is 38.4 Å². The van der Waals surface area contributed by atoms with E-state index in [4.69, 9.17) is 5.11 Å². The highest BCUT2D eigenvalue weighted by atomic mass is 16.4.